The maximum absolute atomic E-state index is 13.3. The van der Waals surface area contributed by atoms with Crippen LogP contribution < -0.4 is 9.62 Å². The molecule has 1 N–H and O–H groups in total. The van der Waals surface area contributed by atoms with Gasteiger partial charge in [0.1, 0.15) is 0 Å². The van der Waals surface area contributed by atoms with Crippen molar-refractivity contribution in [2.75, 3.05) is 29.3 Å². The van der Waals surface area contributed by atoms with Crippen LogP contribution in [0.4, 0.5) is 11.4 Å². The predicted molar refractivity (Wildman–Crippen MR) is 148 cm³/mol. The van der Waals surface area contributed by atoms with Crippen LogP contribution in [-0.4, -0.2) is 46.7 Å². The number of fused-ring (bicyclic) bond motifs is 1. The summed E-state index contributed by atoms with van der Waals surface area (Å²) in [6, 6.07) is 17.3. The van der Waals surface area contributed by atoms with E-state index in [0.717, 1.165) is 5.56 Å². The molecule has 0 unspecified atom stereocenters. The summed E-state index contributed by atoms with van der Waals surface area (Å²) in [5.41, 5.74) is 1.89. The number of sulfonamides is 2. The molecule has 0 aromatic heterocycles. The number of hydrogen-bond acceptors (Lipinski definition) is 5. The molecule has 2 aliphatic heterocycles. The largest absolute Gasteiger partial charge is 0.326 e. The van der Waals surface area contributed by atoms with Gasteiger partial charge in [-0.3, -0.25) is 9.10 Å². The molecule has 0 spiro atoms. The van der Waals surface area contributed by atoms with Crippen molar-refractivity contribution in [3.8, 4) is 0 Å². The molecule has 0 radical (unpaired) electrons. The Labute approximate surface area is 232 Å². The maximum Gasteiger partial charge on any atom is 0.264 e. The Morgan fingerprint density at radius 2 is 1.32 bits per heavy atom. The van der Waals surface area contributed by atoms with Crippen molar-refractivity contribution < 1.29 is 21.6 Å². The van der Waals surface area contributed by atoms with E-state index in [-0.39, 0.29) is 34.7 Å². The number of hydrogen-bond donors (Lipinski definition) is 1. The fourth-order valence-corrected chi connectivity index (χ4v) is 7.99. The molecule has 2 aliphatic rings. The highest BCUT2D eigenvalue weighted by Crippen LogP contribution is 2.35. The van der Waals surface area contributed by atoms with E-state index in [2.05, 4.69) is 5.32 Å². The van der Waals surface area contributed by atoms with Crippen LogP contribution in [0.3, 0.4) is 0 Å². The van der Waals surface area contributed by atoms with Gasteiger partial charge in [0.25, 0.3) is 10.0 Å². The number of nitrogens with one attached hydrogen (secondary N) is 1. The summed E-state index contributed by atoms with van der Waals surface area (Å²) in [7, 11) is -7.45. The fraction of sp³-hybridized carbons (Fsp3) is 0.269. The first-order chi connectivity index (χ1) is 18.1. The van der Waals surface area contributed by atoms with Gasteiger partial charge in [0, 0.05) is 41.3 Å². The molecule has 1 saturated heterocycles. The number of carbonyl (C=O) groups is 1. The first-order valence-corrected chi connectivity index (χ1v) is 15.7. The quantitative estimate of drug-likeness (QED) is 0.443. The van der Waals surface area contributed by atoms with E-state index >= 15 is 0 Å². The van der Waals surface area contributed by atoms with Crippen molar-refractivity contribution in [1.29, 1.82) is 0 Å². The monoisotopic (exact) mass is 593 g/mol. The standard InChI is InChI=1S/C26H25Cl2N3O5S2/c27-20-2-7-23(8-3-20)37(33,34)30-14-11-19(12-15-30)26(32)29-22-6-1-18-13-16-31(25(18)17-22)38(35,36)24-9-4-21(28)5-10-24/h1-10,17,19H,11-16H2,(H,29,32). The average molecular weight is 595 g/mol. The molecule has 2 heterocycles. The van der Waals surface area contributed by atoms with Crippen LogP contribution >= 0.6 is 23.2 Å². The summed E-state index contributed by atoms with van der Waals surface area (Å²) in [6.45, 7) is 0.749. The number of piperidine rings is 1. The van der Waals surface area contributed by atoms with Crippen LogP contribution in [0.25, 0.3) is 0 Å². The van der Waals surface area contributed by atoms with E-state index in [1.807, 2.05) is 6.07 Å². The van der Waals surface area contributed by atoms with E-state index in [4.69, 9.17) is 23.2 Å². The molecule has 3 aromatic carbocycles. The first-order valence-electron chi connectivity index (χ1n) is 12.0. The van der Waals surface area contributed by atoms with Gasteiger partial charge < -0.3 is 5.32 Å². The number of halogens is 2. The summed E-state index contributed by atoms with van der Waals surface area (Å²) in [5, 5.41) is 3.80. The van der Waals surface area contributed by atoms with Gasteiger partial charge in [0.2, 0.25) is 15.9 Å². The number of anilines is 2. The lowest BCUT2D eigenvalue weighted by molar-refractivity contribution is -0.120. The summed E-state index contributed by atoms with van der Waals surface area (Å²) in [6.07, 6.45) is 1.32. The van der Waals surface area contributed by atoms with E-state index in [1.54, 1.807) is 12.1 Å². The van der Waals surface area contributed by atoms with Gasteiger partial charge in [0.05, 0.1) is 15.5 Å². The topological polar surface area (TPSA) is 104 Å². The Morgan fingerprint density at radius 3 is 1.89 bits per heavy atom. The molecule has 1 fully saturated rings. The molecule has 38 heavy (non-hydrogen) atoms. The molecule has 0 bridgehead atoms. The van der Waals surface area contributed by atoms with Crippen molar-refractivity contribution >= 4 is 60.5 Å². The number of amides is 1. The van der Waals surface area contributed by atoms with E-state index in [1.165, 1.54) is 57.1 Å². The minimum Gasteiger partial charge on any atom is -0.326 e. The molecule has 8 nitrogen and oxygen atoms in total. The smallest absolute Gasteiger partial charge is 0.264 e. The van der Waals surface area contributed by atoms with Gasteiger partial charge in [-0.25, -0.2) is 16.8 Å². The molecule has 1 amide bonds. The highest BCUT2D eigenvalue weighted by molar-refractivity contribution is 7.92. The molecule has 0 saturated carbocycles. The molecule has 3 aromatic rings. The van der Waals surface area contributed by atoms with Gasteiger partial charge in [-0.1, -0.05) is 29.3 Å². The van der Waals surface area contributed by atoms with Crippen molar-refractivity contribution in [3.05, 3.63) is 82.3 Å². The van der Waals surface area contributed by atoms with Crippen LogP contribution in [0.2, 0.25) is 10.0 Å². The Hall–Kier alpha value is -2.63. The SMILES string of the molecule is O=C(Nc1ccc2c(c1)N(S(=O)(=O)c1ccc(Cl)cc1)CC2)C1CCN(S(=O)(=O)c2ccc(Cl)cc2)CC1. The summed E-state index contributed by atoms with van der Waals surface area (Å²) < 4.78 is 55.1. The zero-order valence-corrected chi connectivity index (χ0v) is 23.3. The predicted octanol–water partition coefficient (Wildman–Crippen LogP) is 4.78. The summed E-state index contributed by atoms with van der Waals surface area (Å²) >= 11 is 11.8. The van der Waals surface area contributed by atoms with Gasteiger partial charge in [-0.2, -0.15) is 4.31 Å². The molecule has 5 rings (SSSR count). The number of carbonyl (C=O) groups excluding carboxylic acids is 1. The molecular formula is C26H25Cl2N3O5S2. The Kier molecular flexibility index (Phi) is 7.45. The Morgan fingerprint density at radius 1 is 0.763 bits per heavy atom. The Bertz CT molecular complexity index is 1570. The number of rotatable bonds is 6. The Balaban J connectivity index is 1.26. The van der Waals surface area contributed by atoms with Crippen LogP contribution in [0, 0.1) is 5.92 Å². The van der Waals surface area contributed by atoms with E-state index < -0.39 is 20.0 Å². The van der Waals surface area contributed by atoms with Gasteiger partial charge in [-0.15, -0.1) is 0 Å². The normalized spacial score (nSPS) is 16.8. The second kappa shape index (κ2) is 10.5. The third-order valence-electron chi connectivity index (χ3n) is 6.88. The van der Waals surface area contributed by atoms with Crippen molar-refractivity contribution in [2.45, 2.75) is 29.1 Å². The molecular weight excluding hydrogens is 569 g/mol. The van der Waals surface area contributed by atoms with Crippen LogP contribution in [0.15, 0.2) is 76.5 Å². The van der Waals surface area contributed by atoms with E-state index in [0.29, 0.717) is 47.2 Å². The van der Waals surface area contributed by atoms with Crippen molar-refractivity contribution in [2.24, 2.45) is 5.92 Å². The summed E-state index contributed by atoms with van der Waals surface area (Å²) in [5.74, 6) is -0.590. The molecule has 12 heteroatoms. The lowest BCUT2D eigenvalue weighted by atomic mass is 9.97. The van der Waals surface area contributed by atoms with Crippen LogP contribution in [0.5, 0.6) is 0 Å². The second-order valence-electron chi connectivity index (χ2n) is 9.25. The minimum absolute atomic E-state index is 0.143. The van der Waals surface area contributed by atoms with Gasteiger partial charge in [0.15, 0.2) is 0 Å². The lowest BCUT2D eigenvalue weighted by Gasteiger charge is -2.30. The average Bonchev–Trinajstić information content (AvgIpc) is 3.33. The zero-order valence-electron chi connectivity index (χ0n) is 20.2. The third kappa shape index (κ3) is 5.28. The van der Waals surface area contributed by atoms with Crippen molar-refractivity contribution in [3.63, 3.8) is 0 Å². The second-order valence-corrected chi connectivity index (χ2v) is 13.9. The molecule has 0 aliphatic carbocycles. The highest BCUT2D eigenvalue weighted by atomic mass is 35.5. The van der Waals surface area contributed by atoms with Gasteiger partial charge >= 0.3 is 0 Å². The van der Waals surface area contributed by atoms with E-state index in [9.17, 15) is 21.6 Å². The maximum atomic E-state index is 13.3. The number of nitrogens with zero attached hydrogens (tertiary/aromatic N) is 2. The molecule has 0 atom stereocenters. The zero-order chi connectivity index (χ0) is 27.1. The minimum atomic E-state index is -3.79. The summed E-state index contributed by atoms with van der Waals surface area (Å²) in [4.78, 5) is 13.3. The van der Waals surface area contributed by atoms with Crippen LogP contribution in [0.1, 0.15) is 18.4 Å². The fourth-order valence-electron chi connectivity index (χ4n) is 4.77. The third-order valence-corrected chi connectivity index (χ3v) is 11.1. The number of benzene rings is 3. The van der Waals surface area contributed by atoms with Gasteiger partial charge in [-0.05, 0) is 85.5 Å². The molecule has 200 valence electrons. The highest BCUT2D eigenvalue weighted by Gasteiger charge is 2.33. The van der Waals surface area contributed by atoms with Crippen molar-refractivity contribution in [1.82, 2.24) is 4.31 Å². The first kappa shape index (κ1) is 27.0. The van der Waals surface area contributed by atoms with Crippen LogP contribution in [-0.2, 0) is 31.3 Å². The lowest BCUT2D eigenvalue weighted by Crippen LogP contribution is -2.41.